The number of rotatable bonds is 6. The lowest BCUT2D eigenvalue weighted by molar-refractivity contribution is -0.121. The highest BCUT2D eigenvalue weighted by atomic mass is 16.6. The molecule has 2 rings (SSSR count). The zero-order valence-corrected chi connectivity index (χ0v) is 15.4. The summed E-state index contributed by atoms with van der Waals surface area (Å²) in [7, 11) is 0. The second kappa shape index (κ2) is 8.82. The Bertz CT molecular complexity index is 553. The predicted molar refractivity (Wildman–Crippen MR) is 92.8 cm³/mol. The van der Waals surface area contributed by atoms with E-state index in [2.05, 4.69) is 15.4 Å². The van der Waals surface area contributed by atoms with Crippen molar-refractivity contribution < 1.29 is 14.3 Å². The number of nitrogens with one attached hydrogen (secondary N) is 1. The van der Waals surface area contributed by atoms with Crippen LogP contribution in [0.4, 0.5) is 4.79 Å². The third-order valence-corrected chi connectivity index (χ3v) is 4.08. The van der Waals surface area contributed by atoms with Gasteiger partial charge in [0.15, 0.2) is 0 Å². The number of carbonyl (C=O) groups excluding carboxylic acids is 2. The van der Waals surface area contributed by atoms with Gasteiger partial charge in [-0.2, -0.15) is 5.10 Å². The molecule has 1 fully saturated rings. The lowest BCUT2D eigenvalue weighted by Gasteiger charge is -2.34. The van der Waals surface area contributed by atoms with Crippen LogP contribution in [0, 0.1) is 5.92 Å². The van der Waals surface area contributed by atoms with Gasteiger partial charge in [-0.1, -0.05) is 0 Å². The Morgan fingerprint density at radius 1 is 1.36 bits per heavy atom. The van der Waals surface area contributed by atoms with Crippen LogP contribution in [-0.2, 0) is 16.1 Å². The van der Waals surface area contributed by atoms with E-state index in [-0.39, 0.29) is 12.0 Å². The molecule has 25 heavy (non-hydrogen) atoms. The number of amides is 2. The van der Waals surface area contributed by atoms with Crippen molar-refractivity contribution in [2.24, 2.45) is 5.92 Å². The minimum absolute atomic E-state index is 0.00954. The summed E-state index contributed by atoms with van der Waals surface area (Å²) in [5.41, 5.74) is -0.470. The zero-order valence-electron chi connectivity index (χ0n) is 15.4. The molecule has 8 nitrogen and oxygen atoms in total. The molecule has 0 spiro atoms. The second-order valence-electron chi connectivity index (χ2n) is 7.48. The maximum absolute atomic E-state index is 12.2. The SMILES string of the molecule is CC(C)(C)OC(=O)N1CCC[C@@H](CCNC(=O)CCn2cncn2)C1. The molecule has 0 aliphatic carbocycles. The summed E-state index contributed by atoms with van der Waals surface area (Å²) in [5, 5.41) is 6.91. The van der Waals surface area contributed by atoms with Crippen LogP contribution in [-0.4, -0.2) is 56.9 Å². The smallest absolute Gasteiger partial charge is 0.410 e. The first-order valence-corrected chi connectivity index (χ1v) is 8.90. The summed E-state index contributed by atoms with van der Waals surface area (Å²) in [4.78, 5) is 29.6. The maximum Gasteiger partial charge on any atom is 0.410 e. The molecule has 1 aromatic heterocycles. The largest absolute Gasteiger partial charge is 0.444 e. The third-order valence-electron chi connectivity index (χ3n) is 4.08. The molecule has 1 aromatic rings. The van der Waals surface area contributed by atoms with E-state index in [4.69, 9.17) is 4.74 Å². The first-order valence-electron chi connectivity index (χ1n) is 8.90. The molecule has 140 valence electrons. The molecule has 0 saturated carbocycles. The summed E-state index contributed by atoms with van der Waals surface area (Å²) >= 11 is 0. The molecule has 2 amide bonds. The summed E-state index contributed by atoms with van der Waals surface area (Å²) < 4.78 is 7.08. The fourth-order valence-corrected chi connectivity index (χ4v) is 2.86. The Balaban J connectivity index is 1.65. The molecule has 0 radical (unpaired) electrons. The number of piperidine rings is 1. The van der Waals surface area contributed by atoms with Crippen LogP contribution in [0.25, 0.3) is 0 Å². The van der Waals surface area contributed by atoms with Crippen molar-refractivity contribution >= 4 is 12.0 Å². The fraction of sp³-hybridized carbons (Fsp3) is 0.765. The summed E-state index contributed by atoms with van der Waals surface area (Å²) in [6, 6.07) is 0. The van der Waals surface area contributed by atoms with Crippen molar-refractivity contribution in [2.45, 2.75) is 58.6 Å². The highest BCUT2D eigenvalue weighted by Gasteiger charge is 2.27. The van der Waals surface area contributed by atoms with E-state index in [1.807, 2.05) is 20.8 Å². The number of aromatic nitrogens is 3. The Morgan fingerprint density at radius 3 is 2.84 bits per heavy atom. The lowest BCUT2D eigenvalue weighted by atomic mass is 9.95. The number of aryl methyl sites for hydroxylation is 1. The maximum atomic E-state index is 12.2. The van der Waals surface area contributed by atoms with Gasteiger partial charge in [0.05, 0.1) is 6.54 Å². The molecule has 1 N–H and O–H groups in total. The van der Waals surface area contributed by atoms with Crippen LogP contribution in [0.5, 0.6) is 0 Å². The number of ether oxygens (including phenoxy) is 1. The Morgan fingerprint density at radius 2 is 2.16 bits per heavy atom. The minimum atomic E-state index is -0.470. The fourth-order valence-electron chi connectivity index (χ4n) is 2.86. The highest BCUT2D eigenvalue weighted by molar-refractivity contribution is 5.75. The van der Waals surface area contributed by atoms with Gasteiger partial charge in [0.1, 0.15) is 18.3 Å². The van der Waals surface area contributed by atoms with E-state index >= 15 is 0 Å². The van der Waals surface area contributed by atoms with E-state index in [9.17, 15) is 9.59 Å². The Kier molecular flexibility index (Phi) is 6.78. The monoisotopic (exact) mass is 351 g/mol. The molecule has 1 atom stereocenters. The van der Waals surface area contributed by atoms with E-state index in [0.717, 1.165) is 25.8 Å². The molecule has 1 aliphatic heterocycles. The van der Waals surface area contributed by atoms with Crippen LogP contribution in [0.1, 0.15) is 46.5 Å². The van der Waals surface area contributed by atoms with Crippen molar-refractivity contribution in [3.8, 4) is 0 Å². The van der Waals surface area contributed by atoms with Gasteiger partial charge in [-0.3, -0.25) is 9.48 Å². The molecule has 1 saturated heterocycles. The highest BCUT2D eigenvalue weighted by Crippen LogP contribution is 2.21. The lowest BCUT2D eigenvalue weighted by Crippen LogP contribution is -2.43. The van der Waals surface area contributed by atoms with Crippen LogP contribution >= 0.6 is 0 Å². The van der Waals surface area contributed by atoms with Crippen molar-refractivity contribution in [1.29, 1.82) is 0 Å². The summed E-state index contributed by atoms with van der Waals surface area (Å²) in [5.74, 6) is 0.409. The van der Waals surface area contributed by atoms with Gasteiger partial charge in [-0.05, 0) is 46.0 Å². The van der Waals surface area contributed by atoms with Gasteiger partial charge >= 0.3 is 6.09 Å². The van der Waals surface area contributed by atoms with Crippen LogP contribution in [0.15, 0.2) is 12.7 Å². The molecule has 0 unspecified atom stereocenters. The first-order chi connectivity index (χ1) is 11.8. The Labute approximate surface area is 148 Å². The van der Waals surface area contributed by atoms with Gasteiger partial charge in [0, 0.05) is 26.1 Å². The number of carbonyl (C=O) groups is 2. The van der Waals surface area contributed by atoms with Crippen molar-refractivity contribution in [3.05, 3.63) is 12.7 Å². The standard InChI is InChI=1S/C17H29N5O3/c1-17(2,3)25-16(24)21-9-4-5-14(11-21)6-8-19-15(23)7-10-22-13-18-12-20-22/h12-14H,4-11H2,1-3H3,(H,19,23)/t14-/m0/s1. The quantitative estimate of drug-likeness (QED) is 0.844. The van der Waals surface area contributed by atoms with Crippen LogP contribution in [0.3, 0.4) is 0 Å². The molecule has 0 bridgehead atoms. The summed E-state index contributed by atoms with van der Waals surface area (Å²) in [6.07, 6.45) is 6.12. The van der Waals surface area contributed by atoms with Gasteiger partial charge in [0.2, 0.25) is 5.91 Å². The number of nitrogens with zero attached hydrogens (tertiary/aromatic N) is 4. The minimum Gasteiger partial charge on any atom is -0.444 e. The number of likely N-dealkylation sites (tertiary alicyclic amines) is 1. The zero-order chi connectivity index (χ0) is 18.3. The number of hydrogen-bond donors (Lipinski definition) is 1. The second-order valence-corrected chi connectivity index (χ2v) is 7.48. The van der Waals surface area contributed by atoms with E-state index in [1.165, 1.54) is 6.33 Å². The van der Waals surface area contributed by atoms with Gasteiger partial charge in [-0.15, -0.1) is 0 Å². The van der Waals surface area contributed by atoms with E-state index in [0.29, 0.717) is 32.0 Å². The predicted octanol–water partition coefficient (Wildman–Crippen LogP) is 1.82. The first kappa shape index (κ1) is 19.2. The average molecular weight is 351 g/mol. The summed E-state index contributed by atoms with van der Waals surface area (Å²) in [6.45, 7) is 8.23. The number of hydrogen-bond acceptors (Lipinski definition) is 5. The normalized spacial score (nSPS) is 18.0. The molecule has 8 heteroatoms. The van der Waals surface area contributed by atoms with Crippen LogP contribution < -0.4 is 5.32 Å². The van der Waals surface area contributed by atoms with Crippen molar-refractivity contribution in [1.82, 2.24) is 25.0 Å². The van der Waals surface area contributed by atoms with Crippen molar-refractivity contribution in [3.63, 3.8) is 0 Å². The van der Waals surface area contributed by atoms with Crippen molar-refractivity contribution in [2.75, 3.05) is 19.6 Å². The van der Waals surface area contributed by atoms with E-state index in [1.54, 1.807) is 15.9 Å². The van der Waals surface area contributed by atoms with Crippen LogP contribution in [0.2, 0.25) is 0 Å². The van der Waals surface area contributed by atoms with Gasteiger partial charge in [-0.25, -0.2) is 9.78 Å². The Hall–Kier alpha value is -2.12. The van der Waals surface area contributed by atoms with Gasteiger partial charge < -0.3 is 15.0 Å². The average Bonchev–Trinajstić information content (AvgIpc) is 3.05. The third kappa shape index (κ3) is 7.11. The van der Waals surface area contributed by atoms with Gasteiger partial charge in [0.25, 0.3) is 0 Å². The molecule has 0 aromatic carbocycles. The molecular formula is C17H29N5O3. The molecular weight excluding hydrogens is 322 g/mol. The molecule has 1 aliphatic rings. The molecule has 2 heterocycles. The topological polar surface area (TPSA) is 89.4 Å². The van der Waals surface area contributed by atoms with E-state index < -0.39 is 5.60 Å².